The molecule has 2 aromatic rings. The lowest BCUT2D eigenvalue weighted by Crippen LogP contribution is -2.16. The van der Waals surface area contributed by atoms with Crippen molar-refractivity contribution in [3.05, 3.63) is 45.9 Å². The number of benzene rings is 1. The number of H-pyrrole nitrogens is 1. The number of aromatic amines is 1. The summed E-state index contributed by atoms with van der Waals surface area (Å²) in [6.45, 7) is 0. The van der Waals surface area contributed by atoms with Gasteiger partial charge >= 0.3 is 0 Å². The predicted octanol–water partition coefficient (Wildman–Crippen LogP) is 2.33. The summed E-state index contributed by atoms with van der Waals surface area (Å²) in [5, 5.41) is 3.15. The smallest absolute Gasteiger partial charge is 0.256 e. The van der Waals surface area contributed by atoms with Gasteiger partial charge in [0.05, 0.1) is 5.69 Å². The second-order valence-electron chi connectivity index (χ2n) is 4.90. The van der Waals surface area contributed by atoms with Crippen molar-refractivity contribution in [2.24, 2.45) is 0 Å². The third-order valence-electron chi connectivity index (χ3n) is 3.23. The Kier molecular flexibility index (Phi) is 3.40. The van der Waals surface area contributed by atoms with Crippen LogP contribution in [0.3, 0.4) is 0 Å². The van der Waals surface area contributed by atoms with E-state index in [0.29, 0.717) is 5.95 Å². The molecule has 0 bridgehead atoms. The van der Waals surface area contributed by atoms with Crippen LogP contribution in [0.4, 0.5) is 17.3 Å². The van der Waals surface area contributed by atoms with Crippen LogP contribution in [0.25, 0.3) is 0 Å². The fourth-order valence-corrected chi connectivity index (χ4v) is 3.14. The molecule has 20 heavy (non-hydrogen) atoms. The van der Waals surface area contributed by atoms with E-state index >= 15 is 0 Å². The molecule has 0 saturated heterocycles. The first kappa shape index (κ1) is 13.1. The minimum absolute atomic E-state index is 0.0348. The van der Waals surface area contributed by atoms with E-state index in [0.717, 1.165) is 34.1 Å². The van der Waals surface area contributed by atoms with E-state index in [1.54, 1.807) is 11.8 Å². The Morgan fingerprint density at radius 1 is 1.25 bits per heavy atom. The molecule has 0 atom stereocenters. The highest BCUT2D eigenvalue weighted by Crippen LogP contribution is 2.26. The summed E-state index contributed by atoms with van der Waals surface area (Å²) in [5.41, 5.74) is 3.70. The molecular weight excluding hydrogens is 272 g/mol. The summed E-state index contributed by atoms with van der Waals surface area (Å²) < 4.78 is 0. The molecule has 104 valence electrons. The maximum absolute atomic E-state index is 11.9. The van der Waals surface area contributed by atoms with Crippen molar-refractivity contribution in [1.29, 1.82) is 0 Å². The maximum Gasteiger partial charge on any atom is 0.256 e. The van der Waals surface area contributed by atoms with E-state index in [-0.39, 0.29) is 5.56 Å². The number of fused-ring (bicyclic) bond motifs is 1. The van der Waals surface area contributed by atoms with Crippen molar-refractivity contribution in [3.8, 4) is 0 Å². The first-order chi connectivity index (χ1) is 9.63. The molecule has 1 aromatic heterocycles. The minimum atomic E-state index is -0.0348. The summed E-state index contributed by atoms with van der Waals surface area (Å²) in [5.74, 6) is 2.08. The number of nitrogens with one attached hydrogen (secondary N) is 2. The molecule has 1 aliphatic heterocycles. The second-order valence-corrected chi connectivity index (χ2v) is 5.88. The molecule has 0 fully saturated rings. The molecule has 1 aliphatic rings. The van der Waals surface area contributed by atoms with Crippen LogP contribution in [0, 0.1) is 0 Å². The number of hydrogen-bond acceptors (Lipinski definition) is 5. The zero-order valence-electron chi connectivity index (χ0n) is 11.4. The third-order valence-corrected chi connectivity index (χ3v) is 4.20. The fourth-order valence-electron chi connectivity index (χ4n) is 2.10. The highest BCUT2D eigenvalue weighted by Gasteiger charge is 2.17. The van der Waals surface area contributed by atoms with Gasteiger partial charge in [-0.15, -0.1) is 0 Å². The SMILES string of the molecule is CN(C)c1ccc(Nc2nc3c(c(=O)[nH]2)CSC3)cc1. The predicted molar refractivity (Wildman–Crippen MR) is 83.9 cm³/mol. The number of rotatable bonds is 3. The number of nitrogens with zero attached hydrogens (tertiary/aromatic N) is 2. The fraction of sp³-hybridized carbons (Fsp3) is 0.286. The Labute approximate surface area is 121 Å². The van der Waals surface area contributed by atoms with Crippen molar-refractivity contribution in [1.82, 2.24) is 9.97 Å². The van der Waals surface area contributed by atoms with Gasteiger partial charge in [-0.1, -0.05) is 0 Å². The van der Waals surface area contributed by atoms with Crippen LogP contribution in [-0.4, -0.2) is 24.1 Å². The molecule has 0 saturated carbocycles. The molecule has 3 rings (SSSR count). The molecule has 0 spiro atoms. The number of aromatic nitrogens is 2. The van der Waals surface area contributed by atoms with E-state index < -0.39 is 0 Å². The molecule has 0 amide bonds. The summed E-state index contributed by atoms with van der Waals surface area (Å²) in [6.07, 6.45) is 0. The van der Waals surface area contributed by atoms with Crippen molar-refractivity contribution in [2.75, 3.05) is 24.3 Å². The third kappa shape index (κ3) is 2.51. The maximum atomic E-state index is 11.9. The van der Waals surface area contributed by atoms with Gasteiger partial charge in [0.15, 0.2) is 0 Å². The monoisotopic (exact) mass is 288 g/mol. The highest BCUT2D eigenvalue weighted by molar-refractivity contribution is 7.98. The van der Waals surface area contributed by atoms with Crippen LogP contribution < -0.4 is 15.8 Å². The number of thioether (sulfide) groups is 1. The summed E-state index contributed by atoms with van der Waals surface area (Å²) in [4.78, 5) is 21.2. The van der Waals surface area contributed by atoms with Crippen LogP contribution in [-0.2, 0) is 11.5 Å². The lowest BCUT2D eigenvalue weighted by molar-refractivity contribution is 1.03. The van der Waals surface area contributed by atoms with Crippen LogP contribution >= 0.6 is 11.8 Å². The standard InChI is InChI=1S/C14H16N4OS/c1-18(2)10-5-3-9(4-6-10)15-14-16-12-8-20-7-11(12)13(19)17-14/h3-6H,7-8H2,1-2H3,(H2,15,16,17,19). The van der Waals surface area contributed by atoms with Gasteiger partial charge in [0.2, 0.25) is 5.95 Å². The lowest BCUT2D eigenvalue weighted by atomic mass is 10.2. The largest absolute Gasteiger partial charge is 0.378 e. The van der Waals surface area contributed by atoms with Gasteiger partial charge in [0, 0.05) is 42.5 Å². The summed E-state index contributed by atoms with van der Waals surface area (Å²) >= 11 is 1.72. The van der Waals surface area contributed by atoms with Crippen LogP contribution in [0.2, 0.25) is 0 Å². The van der Waals surface area contributed by atoms with E-state index in [1.807, 2.05) is 43.3 Å². The van der Waals surface area contributed by atoms with Gasteiger partial charge in [-0.05, 0) is 24.3 Å². The minimum Gasteiger partial charge on any atom is -0.378 e. The molecule has 0 aliphatic carbocycles. The van der Waals surface area contributed by atoms with Gasteiger partial charge < -0.3 is 10.2 Å². The average molecular weight is 288 g/mol. The van der Waals surface area contributed by atoms with Crippen LogP contribution in [0.1, 0.15) is 11.3 Å². The van der Waals surface area contributed by atoms with E-state index in [4.69, 9.17) is 0 Å². The zero-order valence-corrected chi connectivity index (χ0v) is 12.3. The van der Waals surface area contributed by atoms with Crippen molar-refractivity contribution < 1.29 is 0 Å². The van der Waals surface area contributed by atoms with Crippen LogP contribution in [0.15, 0.2) is 29.1 Å². The molecule has 2 N–H and O–H groups in total. The highest BCUT2D eigenvalue weighted by atomic mass is 32.2. The molecular formula is C14H16N4OS. The topological polar surface area (TPSA) is 61.0 Å². The molecule has 0 unspecified atom stereocenters. The quantitative estimate of drug-likeness (QED) is 0.907. The Balaban J connectivity index is 1.84. The Hall–Kier alpha value is -1.95. The van der Waals surface area contributed by atoms with E-state index in [2.05, 4.69) is 15.3 Å². The van der Waals surface area contributed by atoms with Gasteiger partial charge in [-0.2, -0.15) is 11.8 Å². The molecule has 6 heteroatoms. The Bertz CT molecular complexity index is 679. The van der Waals surface area contributed by atoms with Gasteiger partial charge in [0.25, 0.3) is 5.56 Å². The Morgan fingerprint density at radius 3 is 2.70 bits per heavy atom. The first-order valence-electron chi connectivity index (χ1n) is 6.38. The second kappa shape index (κ2) is 5.20. The zero-order chi connectivity index (χ0) is 14.1. The average Bonchev–Trinajstić information content (AvgIpc) is 2.88. The normalized spacial score (nSPS) is 13.1. The molecule has 0 radical (unpaired) electrons. The van der Waals surface area contributed by atoms with Gasteiger partial charge in [0.1, 0.15) is 0 Å². The molecule has 5 nitrogen and oxygen atoms in total. The lowest BCUT2D eigenvalue weighted by Gasteiger charge is -2.13. The van der Waals surface area contributed by atoms with E-state index in [1.165, 1.54) is 0 Å². The summed E-state index contributed by atoms with van der Waals surface area (Å²) in [7, 11) is 4.00. The molecule has 1 aromatic carbocycles. The van der Waals surface area contributed by atoms with Crippen LogP contribution in [0.5, 0.6) is 0 Å². The van der Waals surface area contributed by atoms with Crippen molar-refractivity contribution >= 4 is 29.1 Å². The van der Waals surface area contributed by atoms with Gasteiger partial charge in [-0.25, -0.2) is 4.98 Å². The molecule has 2 heterocycles. The number of hydrogen-bond donors (Lipinski definition) is 2. The summed E-state index contributed by atoms with van der Waals surface area (Å²) in [6, 6.07) is 7.97. The first-order valence-corrected chi connectivity index (χ1v) is 7.53. The van der Waals surface area contributed by atoms with Gasteiger partial charge in [-0.3, -0.25) is 9.78 Å². The van der Waals surface area contributed by atoms with Crippen molar-refractivity contribution in [2.45, 2.75) is 11.5 Å². The van der Waals surface area contributed by atoms with E-state index in [9.17, 15) is 4.79 Å². The number of anilines is 3. The Morgan fingerprint density at radius 2 is 2.00 bits per heavy atom. The van der Waals surface area contributed by atoms with Crippen molar-refractivity contribution in [3.63, 3.8) is 0 Å².